The predicted molar refractivity (Wildman–Crippen MR) is 82.7 cm³/mol. The molecule has 0 bridgehead atoms. The molecule has 0 aliphatic carbocycles. The van der Waals surface area contributed by atoms with Gasteiger partial charge in [0.1, 0.15) is 11.5 Å². The van der Waals surface area contributed by atoms with Crippen LogP contribution in [0.5, 0.6) is 5.75 Å². The first-order valence-electron chi connectivity index (χ1n) is 7.24. The number of carbonyl (C=O) groups excluding carboxylic acids is 1. The van der Waals surface area contributed by atoms with E-state index in [4.69, 9.17) is 9.47 Å². The molecule has 0 atom stereocenters. The van der Waals surface area contributed by atoms with Crippen molar-refractivity contribution in [3.63, 3.8) is 0 Å². The van der Waals surface area contributed by atoms with Crippen LogP contribution in [0.1, 0.15) is 24.2 Å². The maximum atomic E-state index is 12.3. The van der Waals surface area contributed by atoms with Crippen LogP contribution in [-0.4, -0.2) is 56.7 Å². The number of sulfonamides is 1. The van der Waals surface area contributed by atoms with Crippen molar-refractivity contribution in [1.82, 2.24) is 4.31 Å². The molecule has 0 amide bonds. The van der Waals surface area contributed by atoms with Gasteiger partial charge in [-0.05, 0) is 26.0 Å². The summed E-state index contributed by atoms with van der Waals surface area (Å²) < 4.78 is 36.5. The number of Topliss-reactive ketones (excluding diaryl/α,β-unsaturated/α-hetero) is 1. The Labute approximate surface area is 131 Å². The molecule has 6 nitrogen and oxygen atoms in total. The van der Waals surface area contributed by atoms with Gasteiger partial charge in [0.05, 0.1) is 19.3 Å². The predicted octanol–water partition coefficient (Wildman–Crippen LogP) is 1.32. The summed E-state index contributed by atoms with van der Waals surface area (Å²) in [6.45, 7) is 5.10. The van der Waals surface area contributed by atoms with Crippen molar-refractivity contribution < 1.29 is 22.7 Å². The standard InChI is InChI=1S/C15H21NO5S/c1-12(2)21-14-5-3-4-13(10-14)15(17)11-22(18,19)16-6-8-20-9-7-16/h3-5,10,12H,6-9,11H2,1-2H3. The highest BCUT2D eigenvalue weighted by molar-refractivity contribution is 7.89. The summed E-state index contributed by atoms with van der Waals surface area (Å²) in [6, 6.07) is 6.61. The van der Waals surface area contributed by atoms with Gasteiger partial charge in [0.15, 0.2) is 5.78 Å². The molecular weight excluding hydrogens is 306 g/mol. The topological polar surface area (TPSA) is 72.9 Å². The number of ketones is 1. The van der Waals surface area contributed by atoms with Crippen LogP contribution < -0.4 is 4.74 Å². The van der Waals surface area contributed by atoms with Crippen LogP contribution in [0.2, 0.25) is 0 Å². The molecule has 0 N–H and O–H groups in total. The fourth-order valence-electron chi connectivity index (χ4n) is 2.18. The number of nitrogens with zero attached hydrogens (tertiary/aromatic N) is 1. The Morgan fingerprint density at radius 1 is 1.32 bits per heavy atom. The molecule has 1 saturated heterocycles. The van der Waals surface area contributed by atoms with Gasteiger partial charge in [-0.25, -0.2) is 8.42 Å². The van der Waals surface area contributed by atoms with E-state index >= 15 is 0 Å². The van der Waals surface area contributed by atoms with Gasteiger partial charge in [-0.3, -0.25) is 4.79 Å². The molecule has 1 heterocycles. The minimum atomic E-state index is -3.60. The fraction of sp³-hybridized carbons (Fsp3) is 0.533. The Kier molecular flexibility index (Phi) is 5.55. The molecule has 1 aliphatic heterocycles. The zero-order chi connectivity index (χ0) is 16.2. The molecule has 0 saturated carbocycles. The quantitative estimate of drug-likeness (QED) is 0.737. The van der Waals surface area contributed by atoms with Gasteiger partial charge >= 0.3 is 0 Å². The molecule has 1 aliphatic rings. The second kappa shape index (κ2) is 7.21. The normalized spacial score (nSPS) is 16.7. The van der Waals surface area contributed by atoms with E-state index in [2.05, 4.69) is 0 Å². The van der Waals surface area contributed by atoms with E-state index in [1.807, 2.05) is 13.8 Å². The summed E-state index contributed by atoms with van der Waals surface area (Å²) >= 11 is 0. The van der Waals surface area contributed by atoms with Crippen molar-refractivity contribution in [3.8, 4) is 5.75 Å². The van der Waals surface area contributed by atoms with Crippen molar-refractivity contribution in [2.75, 3.05) is 32.1 Å². The zero-order valence-corrected chi connectivity index (χ0v) is 13.6. The summed E-state index contributed by atoms with van der Waals surface area (Å²) in [4.78, 5) is 12.2. The Morgan fingerprint density at radius 2 is 2.00 bits per heavy atom. The Balaban J connectivity index is 2.08. The summed E-state index contributed by atoms with van der Waals surface area (Å²) in [5, 5.41) is 0. The van der Waals surface area contributed by atoms with Crippen LogP contribution in [0.4, 0.5) is 0 Å². The van der Waals surface area contributed by atoms with Crippen molar-refractivity contribution in [3.05, 3.63) is 29.8 Å². The first kappa shape index (κ1) is 16.9. The molecule has 2 rings (SSSR count). The molecule has 1 fully saturated rings. The number of ether oxygens (including phenoxy) is 2. The number of rotatable bonds is 6. The first-order chi connectivity index (χ1) is 10.4. The molecule has 122 valence electrons. The number of hydrogen-bond donors (Lipinski definition) is 0. The van der Waals surface area contributed by atoms with Crippen LogP contribution in [0.15, 0.2) is 24.3 Å². The molecule has 1 aromatic carbocycles. The molecule has 0 spiro atoms. The van der Waals surface area contributed by atoms with Gasteiger partial charge in [-0.2, -0.15) is 4.31 Å². The minimum Gasteiger partial charge on any atom is -0.491 e. The largest absolute Gasteiger partial charge is 0.491 e. The number of hydrogen-bond acceptors (Lipinski definition) is 5. The van der Waals surface area contributed by atoms with Crippen LogP contribution in [-0.2, 0) is 14.8 Å². The lowest BCUT2D eigenvalue weighted by Gasteiger charge is -2.25. The second-order valence-corrected chi connectivity index (χ2v) is 7.35. The summed E-state index contributed by atoms with van der Waals surface area (Å²) in [5.74, 6) is -0.400. The Bertz CT molecular complexity index is 621. The third kappa shape index (κ3) is 4.53. The lowest BCUT2D eigenvalue weighted by Crippen LogP contribution is -2.43. The van der Waals surface area contributed by atoms with Gasteiger partial charge in [-0.1, -0.05) is 12.1 Å². The number of morpholine rings is 1. The van der Waals surface area contributed by atoms with Crippen LogP contribution in [0, 0.1) is 0 Å². The number of carbonyl (C=O) groups is 1. The molecule has 1 aromatic rings. The summed E-state index contributed by atoms with van der Waals surface area (Å²) in [5.41, 5.74) is 0.343. The SMILES string of the molecule is CC(C)Oc1cccc(C(=O)CS(=O)(=O)N2CCOCC2)c1. The van der Waals surface area contributed by atoms with Crippen LogP contribution >= 0.6 is 0 Å². The Hall–Kier alpha value is -1.44. The average molecular weight is 327 g/mol. The summed E-state index contributed by atoms with van der Waals surface area (Å²) in [6.07, 6.45) is -0.0116. The molecule has 22 heavy (non-hydrogen) atoms. The first-order valence-corrected chi connectivity index (χ1v) is 8.85. The highest BCUT2D eigenvalue weighted by Gasteiger charge is 2.27. The van der Waals surface area contributed by atoms with E-state index in [-0.39, 0.29) is 6.10 Å². The third-order valence-corrected chi connectivity index (χ3v) is 4.98. The van der Waals surface area contributed by atoms with Gasteiger partial charge in [0.2, 0.25) is 10.0 Å². The van der Waals surface area contributed by atoms with Crippen LogP contribution in [0.25, 0.3) is 0 Å². The fourth-order valence-corrected chi connectivity index (χ4v) is 3.57. The lowest BCUT2D eigenvalue weighted by molar-refractivity contribution is 0.0727. The molecular formula is C15H21NO5S. The molecule has 0 radical (unpaired) electrons. The highest BCUT2D eigenvalue weighted by Crippen LogP contribution is 2.16. The Morgan fingerprint density at radius 3 is 2.64 bits per heavy atom. The third-order valence-electron chi connectivity index (χ3n) is 3.20. The van der Waals surface area contributed by atoms with Crippen LogP contribution in [0.3, 0.4) is 0 Å². The van der Waals surface area contributed by atoms with Gasteiger partial charge in [0, 0.05) is 18.7 Å². The molecule has 0 aromatic heterocycles. The summed E-state index contributed by atoms with van der Waals surface area (Å²) in [7, 11) is -3.60. The highest BCUT2D eigenvalue weighted by atomic mass is 32.2. The van der Waals surface area contributed by atoms with E-state index in [0.717, 1.165) is 0 Å². The van der Waals surface area contributed by atoms with E-state index in [9.17, 15) is 13.2 Å². The average Bonchev–Trinajstić information content (AvgIpc) is 2.47. The lowest BCUT2D eigenvalue weighted by atomic mass is 10.1. The van der Waals surface area contributed by atoms with E-state index in [1.165, 1.54) is 4.31 Å². The smallest absolute Gasteiger partial charge is 0.221 e. The van der Waals surface area contributed by atoms with Crippen molar-refractivity contribution in [2.45, 2.75) is 20.0 Å². The number of benzene rings is 1. The van der Waals surface area contributed by atoms with Gasteiger partial charge in [0.25, 0.3) is 0 Å². The monoisotopic (exact) mass is 327 g/mol. The van der Waals surface area contributed by atoms with Gasteiger partial charge < -0.3 is 9.47 Å². The van der Waals surface area contributed by atoms with Crippen molar-refractivity contribution >= 4 is 15.8 Å². The second-order valence-electron chi connectivity index (χ2n) is 5.39. The van der Waals surface area contributed by atoms with E-state index in [1.54, 1.807) is 24.3 Å². The van der Waals surface area contributed by atoms with Crippen molar-refractivity contribution in [1.29, 1.82) is 0 Å². The van der Waals surface area contributed by atoms with E-state index in [0.29, 0.717) is 37.6 Å². The minimum absolute atomic E-state index is 0.0116. The molecule has 7 heteroatoms. The maximum Gasteiger partial charge on any atom is 0.221 e. The maximum absolute atomic E-state index is 12.3. The van der Waals surface area contributed by atoms with E-state index < -0.39 is 21.6 Å². The zero-order valence-electron chi connectivity index (χ0n) is 12.8. The van der Waals surface area contributed by atoms with Crippen molar-refractivity contribution in [2.24, 2.45) is 0 Å². The van der Waals surface area contributed by atoms with Gasteiger partial charge in [-0.15, -0.1) is 0 Å². The molecule has 0 unspecified atom stereocenters.